The molecule has 0 aliphatic carbocycles. The molecule has 0 atom stereocenters. The Labute approximate surface area is 119 Å². The summed E-state index contributed by atoms with van der Waals surface area (Å²) in [7, 11) is 1.59. The van der Waals surface area contributed by atoms with E-state index >= 15 is 0 Å². The van der Waals surface area contributed by atoms with Crippen LogP contribution in [0.5, 0.6) is 0 Å². The lowest BCUT2D eigenvalue weighted by Gasteiger charge is -2.16. The lowest BCUT2D eigenvalue weighted by Crippen LogP contribution is -2.28. The maximum Gasteiger partial charge on any atom is 0.338 e. The number of thiazole rings is 1. The van der Waals surface area contributed by atoms with Crippen LogP contribution in [0.3, 0.4) is 0 Å². The van der Waals surface area contributed by atoms with E-state index in [1.807, 2.05) is 12.3 Å². The Morgan fingerprint density at radius 3 is 2.80 bits per heavy atom. The molecule has 1 amide bonds. The predicted molar refractivity (Wildman–Crippen MR) is 73.8 cm³/mol. The van der Waals surface area contributed by atoms with E-state index in [4.69, 9.17) is 5.11 Å². The van der Waals surface area contributed by atoms with Gasteiger partial charge in [0.25, 0.3) is 5.91 Å². The second kappa shape index (κ2) is 5.79. The Kier molecular flexibility index (Phi) is 4.09. The number of carbonyl (C=O) groups excluding carboxylic acids is 1. The zero-order valence-corrected chi connectivity index (χ0v) is 11.8. The third kappa shape index (κ3) is 3.00. The number of carbonyl (C=O) groups is 2. The molecule has 2 aromatic rings. The van der Waals surface area contributed by atoms with Crippen molar-refractivity contribution in [3.63, 3.8) is 0 Å². The third-order valence-electron chi connectivity index (χ3n) is 2.65. The summed E-state index contributed by atoms with van der Waals surface area (Å²) in [6, 6.07) is 2.85. The van der Waals surface area contributed by atoms with Crippen molar-refractivity contribution in [1.29, 1.82) is 0 Å². The maximum absolute atomic E-state index is 12.3. The summed E-state index contributed by atoms with van der Waals surface area (Å²) >= 11 is 1.50. The van der Waals surface area contributed by atoms with Crippen LogP contribution in [0.4, 0.5) is 0 Å². The molecule has 0 aromatic carbocycles. The molecule has 0 radical (unpaired) electrons. The van der Waals surface area contributed by atoms with E-state index in [0.717, 1.165) is 10.7 Å². The fourth-order valence-corrected chi connectivity index (χ4v) is 2.33. The fourth-order valence-electron chi connectivity index (χ4n) is 1.72. The molecular weight excluding hydrogens is 278 g/mol. The summed E-state index contributed by atoms with van der Waals surface area (Å²) < 4.78 is 0. The van der Waals surface area contributed by atoms with Gasteiger partial charge in [-0.15, -0.1) is 11.3 Å². The third-order valence-corrected chi connectivity index (χ3v) is 3.48. The molecule has 7 heteroatoms. The summed E-state index contributed by atoms with van der Waals surface area (Å²) in [6.07, 6.45) is 1.40. The molecule has 0 unspecified atom stereocenters. The number of carboxylic acid groups (broad SMARTS) is 1. The van der Waals surface area contributed by atoms with Crippen molar-refractivity contribution < 1.29 is 14.7 Å². The predicted octanol–water partition coefficient (Wildman–Crippen LogP) is 1.82. The number of rotatable bonds is 4. The Bertz CT molecular complexity index is 654. The zero-order chi connectivity index (χ0) is 14.7. The molecule has 0 saturated heterocycles. The molecule has 0 fully saturated rings. The molecule has 0 bridgehead atoms. The van der Waals surface area contributed by atoms with Crippen LogP contribution in [0.2, 0.25) is 0 Å². The van der Waals surface area contributed by atoms with Gasteiger partial charge >= 0.3 is 5.97 Å². The first-order chi connectivity index (χ1) is 9.49. The van der Waals surface area contributed by atoms with Crippen LogP contribution >= 0.6 is 11.3 Å². The number of aromatic nitrogens is 2. The van der Waals surface area contributed by atoms with Crippen molar-refractivity contribution >= 4 is 23.2 Å². The number of carboxylic acids is 1. The van der Waals surface area contributed by atoms with E-state index in [-0.39, 0.29) is 11.3 Å². The average Bonchev–Trinajstić information content (AvgIpc) is 2.83. The van der Waals surface area contributed by atoms with Gasteiger partial charge in [-0.3, -0.25) is 9.78 Å². The average molecular weight is 291 g/mol. The van der Waals surface area contributed by atoms with Crippen LogP contribution in [-0.2, 0) is 6.54 Å². The van der Waals surface area contributed by atoms with E-state index in [1.165, 1.54) is 34.6 Å². The van der Waals surface area contributed by atoms with Crippen LogP contribution in [0.1, 0.15) is 31.5 Å². The molecule has 2 heterocycles. The zero-order valence-electron chi connectivity index (χ0n) is 11.0. The van der Waals surface area contributed by atoms with Gasteiger partial charge in [0.1, 0.15) is 5.69 Å². The first-order valence-corrected chi connectivity index (χ1v) is 6.71. The molecule has 20 heavy (non-hydrogen) atoms. The van der Waals surface area contributed by atoms with E-state index in [1.54, 1.807) is 7.05 Å². The molecule has 0 spiro atoms. The summed E-state index contributed by atoms with van der Waals surface area (Å²) in [5, 5.41) is 11.9. The van der Waals surface area contributed by atoms with Crippen molar-refractivity contribution in [3.8, 4) is 0 Å². The fraction of sp³-hybridized carbons (Fsp3) is 0.231. The topological polar surface area (TPSA) is 83.4 Å². The number of pyridine rings is 1. The number of amides is 1. The minimum Gasteiger partial charge on any atom is -0.478 e. The SMILES string of the molecule is Cc1nc(CN(C)C(=O)c2ncccc2C(=O)O)cs1. The highest BCUT2D eigenvalue weighted by molar-refractivity contribution is 7.09. The van der Waals surface area contributed by atoms with Crippen LogP contribution < -0.4 is 0 Å². The standard InChI is InChI=1S/C13H13N3O3S/c1-8-15-9(7-20-8)6-16(2)12(17)11-10(13(18)19)4-3-5-14-11/h3-5,7H,6H2,1-2H3,(H,18,19). The van der Waals surface area contributed by atoms with Gasteiger partial charge < -0.3 is 10.0 Å². The van der Waals surface area contributed by atoms with Crippen LogP contribution in [0, 0.1) is 6.92 Å². The van der Waals surface area contributed by atoms with Crippen molar-refractivity contribution in [2.45, 2.75) is 13.5 Å². The smallest absolute Gasteiger partial charge is 0.338 e. The molecule has 0 aliphatic heterocycles. The molecule has 1 N–H and O–H groups in total. The molecule has 0 saturated carbocycles. The second-order valence-electron chi connectivity index (χ2n) is 4.22. The van der Waals surface area contributed by atoms with Crippen molar-refractivity contribution in [3.05, 3.63) is 45.7 Å². The number of hydrogen-bond acceptors (Lipinski definition) is 5. The highest BCUT2D eigenvalue weighted by Gasteiger charge is 2.21. The molecule has 104 valence electrons. The van der Waals surface area contributed by atoms with Gasteiger partial charge in [0, 0.05) is 18.6 Å². The Hall–Kier alpha value is -2.28. The highest BCUT2D eigenvalue weighted by atomic mass is 32.1. The first-order valence-electron chi connectivity index (χ1n) is 5.84. The van der Waals surface area contributed by atoms with Crippen molar-refractivity contribution in [2.24, 2.45) is 0 Å². The van der Waals surface area contributed by atoms with Gasteiger partial charge in [0.05, 0.1) is 22.8 Å². The minimum atomic E-state index is -1.17. The number of nitrogens with zero attached hydrogens (tertiary/aromatic N) is 3. The molecule has 2 aromatic heterocycles. The minimum absolute atomic E-state index is 0.0607. The number of aromatic carboxylic acids is 1. The van der Waals surface area contributed by atoms with Gasteiger partial charge in [-0.2, -0.15) is 0 Å². The molecule has 6 nitrogen and oxygen atoms in total. The van der Waals surface area contributed by atoms with Crippen molar-refractivity contribution in [1.82, 2.24) is 14.9 Å². The number of aryl methyl sites for hydroxylation is 1. The van der Waals surface area contributed by atoms with E-state index < -0.39 is 11.9 Å². The molecular formula is C13H13N3O3S. The van der Waals surface area contributed by atoms with Crippen LogP contribution in [0.15, 0.2) is 23.7 Å². The first kappa shape index (κ1) is 14.1. The van der Waals surface area contributed by atoms with Gasteiger partial charge in [0.2, 0.25) is 0 Å². The van der Waals surface area contributed by atoms with E-state index in [0.29, 0.717) is 6.54 Å². The highest BCUT2D eigenvalue weighted by Crippen LogP contribution is 2.13. The van der Waals surface area contributed by atoms with Crippen molar-refractivity contribution in [2.75, 3.05) is 7.05 Å². The lowest BCUT2D eigenvalue weighted by molar-refractivity contribution is 0.0678. The lowest BCUT2D eigenvalue weighted by atomic mass is 10.2. The Morgan fingerprint density at radius 1 is 1.45 bits per heavy atom. The Morgan fingerprint density at radius 2 is 2.20 bits per heavy atom. The monoisotopic (exact) mass is 291 g/mol. The van der Waals surface area contributed by atoms with Crippen LogP contribution in [0.25, 0.3) is 0 Å². The Balaban J connectivity index is 2.20. The van der Waals surface area contributed by atoms with Gasteiger partial charge in [-0.05, 0) is 19.1 Å². The van der Waals surface area contributed by atoms with Gasteiger partial charge in [-0.1, -0.05) is 0 Å². The molecule has 2 rings (SSSR count). The summed E-state index contributed by atoms with van der Waals surface area (Å²) in [5.74, 6) is -1.60. The maximum atomic E-state index is 12.3. The summed E-state index contributed by atoms with van der Waals surface area (Å²) in [6.45, 7) is 2.20. The van der Waals surface area contributed by atoms with E-state index in [9.17, 15) is 9.59 Å². The molecule has 0 aliphatic rings. The normalized spacial score (nSPS) is 10.3. The van der Waals surface area contributed by atoms with Gasteiger partial charge in [-0.25, -0.2) is 9.78 Å². The second-order valence-corrected chi connectivity index (χ2v) is 5.29. The largest absolute Gasteiger partial charge is 0.478 e. The van der Waals surface area contributed by atoms with E-state index in [2.05, 4.69) is 9.97 Å². The summed E-state index contributed by atoms with van der Waals surface area (Å²) in [4.78, 5) is 32.9. The number of hydrogen-bond donors (Lipinski definition) is 1. The quantitative estimate of drug-likeness (QED) is 0.929. The van der Waals surface area contributed by atoms with Crippen LogP contribution in [-0.4, -0.2) is 38.9 Å². The van der Waals surface area contributed by atoms with Gasteiger partial charge in [0.15, 0.2) is 0 Å². The summed E-state index contributed by atoms with van der Waals surface area (Å²) in [5.41, 5.74) is 0.615.